The van der Waals surface area contributed by atoms with E-state index in [-0.39, 0.29) is 5.91 Å². The third-order valence-corrected chi connectivity index (χ3v) is 5.89. The molecule has 0 fully saturated rings. The fraction of sp³-hybridized carbons (Fsp3) is 0.263. The van der Waals surface area contributed by atoms with Crippen LogP contribution in [0.5, 0.6) is 0 Å². The highest BCUT2D eigenvalue weighted by molar-refractivity contribution is 9.12. The van der Waals surface area contributed by atoms with E-state index in [1.165, 1.54) is 23.3 Å². The summed E-state index contributed by atoms with van der Waals surface area (Å²) in [6.07, 6.45) is 5.71. The van der Waals surface area contributed by atoms with Gasteiger partial charge in [-0.25, -0.2) is 4.79 Å². The van der Waals surface area contributed by atoms with Gasteiger partial charge in [0.05, 0.1) is 17.2 Å². The third kappa shape index (κ3) is 4.02. The number of amides is 1. The molecule has 0 unspecified atom stereocenters. The number of aryl methyl sites for hydroxylation is 1. The molecule has 2 aromatic rings. The monoisotopic (exact) mass is 419 g/mol. The number of thiophene rings is 1. The molecule has 0 saturated heterocycles. The molecular formula is C19H18BrNO3S. The van der Waals surface area contributed by atoms with Crippen LogP contribution in [0.3, 0.4) is 0 Å². The maximum absolute atomic E-state index is 12.5. The first-order valence-electron chi connectivity index (χ1n) is 8.06. The van der Waals surface area contributed by atoms with Gasteiger partial charge in [0.2, 0.25) is 0 Å². The number of hydrogen-bond acceptors (Lipinski definition) is 4. The number of anilines is 1. The number of carbonyl (C=O) groups is 2. The lowest BCUT2D eigenvalue weighted by Crippen LogP contribution is -2.14. The van der Waals surface area contributed by atoms with Gasteiger partial charge in [0.25, 0.3) is 5.91 Å². The van der Waals surface area contributed by atoms with Gasteiger partial charge in [-0.2, -0.15) is 0 Å². The minimum absolute atomic E-state index is 0.285. The SMILES string of the molecule is COC(=O)c1c(NC(=O)C(Br)=Cc2ccccc2)sc2c1CCCC2. The lowest BCUT2D eigenvalue weighted by Gasteiger charge is -2.11. The molecular weight excluding hydrogens is 402 g/mol. The zero-order valence-corrected chi connectivity index (χ0v) is 16.2. The Hall–Kier alpha value is -1.92. The Kier molecular flexibility index (Phi) is 5.71. The molecule has 4 nitrogen and oxygen atoms in total. The number of halogens is 1. The summed E-state index contributed by atoms with van der Waals surface area (Å²) in [5.41, 5.74) is 2.46. The number of esters is 1. The molecule has 0 bridgehead atoms. The zero-order valence-electron chi connectivity index (χ0n) is 13.8. The van der Waals surface area contributed by atoms with E-state index in [9.17, 15) is 9.59 Å². The van der Waals surface area contributed by atoms with Gasteiger partial charge in [0, 0.05) is 4.88 Å². The summed E-state index contributed by atoms with van der Waals surface area (Å²) in [5, 5.41) is 3.44. The Labute approximate surface area is 159 Å². The minimum Gasteiger partial charge on any atom is -0.465 e. The summed E-state index contributed by atoms with van der Waals surface area (Å²) >= 11 is 4.80. The normalized spacial score (nSPS) is 13.9. The van der Waals surface area contributed by atoms with Crippen LogP contribution in [0.1, 0.15) is 39.2 Å². The standard InChI is InChI=1S/C19H18BrNO3S/c1-24-19(23)16-13-9-5-6-10-15(13)25-18(16)21-17(22)14(20)11-12-7-3-2-4-8-12/h2-4,7-8,11H,5-6,9-10H2,1H3,(H,21,22). The van der Waals surface area contributed by atoms with Gasteiger partial charge >= 0.3 is 5.97 Å². The van der Waals surface area contributed by atoms with E-state index < -0.39 is 5.97 Å². The Morgan fingerprint density at radius 1 is 1.20 bits per heavy atom. The van der Waals surface area contributed by atoms with Crippen LogP contribution < -0.4 is 5.32 Å². The van der Waals surface area contributed by atoms with Crippen molar-refractivity contribution in [3.05, 3.63) is 56.4 Å². The summed E-state index contributed by atoms with van der Waals surface area (Å²) in [6, 6.07) is 9.57. The second-order valence-corrected chi connectivity index (χ2v) is 7.72. The molecule has 1 aromatic carbocycles. The van der Waals surface area contributed by atoms with Crippen molar-refractivity contribution >= 4 is 50.2 Å². The molecule has 25 heavy (non-hydrogen) atoms. The van der Waals surface area contributed by atoms with E-state index in [0.29, 0.717) is 15.0 Å². The van der Waals surface area contributed by atoms with Gasteiger partial charge in [0.15, 0.2) is 0 Å². The van der Waals surface area contributed by atoms with Gasteiger partial charge in [-0.3, -0.25) is 4.79 Å². The van der Waals surface area contributed by atoms with E-state index in [1.54, 1.807) is 6.08 Å². The lowest BCUT2D eigenvalue weighted by atomic mass is 9.95. The average Bonchev–Trinajstić information content (AvgIpc) is 2.99. The molecule has 1 N–H and O–H groups in total. The number of carbonyl (C=O) groups excluding carboxylic acids is 2. The highest BCUT2D eigenvalue weighted by Crippen LogP contribution is 2.38. The molecule has 1 aromatic heterocycles. The fourth-order valence-electron chi connectivity index (χ4n) is 2.90. The van der Waals surface area contributed by atoms with Gasteiger partial charge < -0.3 is 10.1 Å². The number of benzene rings is 1. The fourth-order valence-corrected chi connectivity index (χ4v) is 4.53. The largest absolute Gasteiger partial charge is 0.465 e. The molecule has 1 amide bonds. The first-order valence-corrected chi connectivity index (χ1v) is 9.67. The molecule has 0 saturated carbocycles. The number of ether oxygens (including phenoxy) is 1. The van der Waals surface area contributed by atoms with Crippen LogP contribution >= 0.6 is 27.3 Å². The van der Waals surface area contributed by atoms with Crippen molar-refractivity contribution in [3.8, 4) is 0 Å². The molecule has 0 atom stereocenters. The Morgan fingerprint density at radius 2 is 1.92 bits per heavy atom. The van der Waals surface area contributed by atoms with E-state index in [2.05, 4.69) is 21.2 Å². The lowest BCUT2D eigenvalue weighted by molar-refractivity contribution is -0.112. The first-order chi connectivity index (χ1) is 12.1. The van der Waals surface area contributed by atoms with Crippen LogP contribution in [-0.2, 0) is 22.4 Å². The van der Waals surface area contributed by atoms with Crippen LogP contribution in [0, 0.1) is 0 Å². The van der Waals surface area contributed by atoms with Gasteiger partial charge in [-0.1, -0.05) is 30.3 Å². The van der Waals surface area contributed by atoms with Gasteiger partial charge in [-0.05, 0) is 58.8 Å². The van der Waals surface area contributed by atoms with Gasteiger partial charge in [0.1, 0.15) is 5.00 Å². The molecule has 1 aliphatic rings. The molecule has 0 aliphatic heterocycles. The number of methoxy groups -OCH3 is 1. The van der Waals surface area contributed by atoms with Crippen molar-refractivity contribution in [1.29, 1.82) is 0 Å². The van der Waals surface area contributed by atoms with Crippen LogP contribution in [0.2, 0.25) is 0 Å². The number of rotatable bonds is 4. The smallest absolute Gasteiger partial charge is 0.341 e. The second kappa shape index (κ2) is 7.97. The predicted octanol–water partition coefficient (Wildman–Crippen LogP) is 4.79. The summed E-state index contributed by atoms with van der Waals surface area (Å²) in [5.74, 6) is -0.675. The van der Waals surface area contributed by atoms with Crippen LogP contribution in [0.15, 0.2) is 34.8 Å². The number of fused-ring (bicyclic) bond motifs is 1. The quantitative estimate of drug-likeness (QED) is 0.572. The van der Waals surface area contributed by atoms with Crippen molar-refractivity contribution in [3.63, 3.8) is 0 Å². The van der Waals surface area contributed by atoms with Crippen molar-refractivity contribution < 1.29 is 14.3 Å². The number of hydrogen-bond donors (Lipinski definition) is 1. The van der Waals surface area contributed by atoms with E-state index in [1.807, 2.05) is 30.3 Å². The molecule has 0 radical (unpaired) electrons. The summed E-state index contributed by atoms with van der Waals surface area (Å²) in [7, 11) is 1.37. The molecule has 130 valence electrons. The Bertz CT molecular complexity index is 827. The highest BCUT2D eigenvalue weighted by atomic mass is 79.9. The Morgan fingerprint density at radius 3 is 2.64 bits per heavy atom. The van der Waals surface area contributed by atoms with Crippen molar-refractivity contribution in [2.24, 2.45) is 0 Å². The highest BCUT2D eigenvalue weighted by Gasteiger charge is 2.27. The van der Waals surface area contributed by atoms with E-state index in [4.69, 9.17) is 4.74 Å². The maximum Gasteiger partial charge on any atom is 0.341 e. The average molecular weight is 420 g/mol. The molecule has 0 spiro atoms. The van der Waals surface area contributed by atoms with Crippen molar-refractivity contribution in [1.82, 2.24) is 0 Å². The van der Waals surface area contributed by atoms with Crippen molar-refractivity contribution in [2.45, 2.75) is 25.7 Å². The zero-order chi connectivity index (χ0) is 17.8. The van der Waals surface area contributed by atoms with Crippen LogP contribution in [-0.4, -0.2) is 19.0 Å². The van der Waals surface area contributed by atoms with Crippen LogP contribution in [0.25, 0.3) is 6.08 Å². The van der Waals surface area contributed by atoms with Crippen molar-refractivity contribution in [2.75, 3.05) is 12.4 Å². The summed E-state index contributed by atoms with van der Waals surface area (Å²) < 4.78 is 5.33. The van der Waals surface area contributed by atoms with E-state index in [0.717, 1.165) is 36.8 Å². The van der Waals surface area contributed by atoms with Crippen LogP contribution in [0.4, 0.5) is 5.00 Å². The van der Waals surface area contributed by atoms with Gasteiger partial charge in [-0.15, -0.1) is 11.3 Å². The molecule has 6 heteroatoms. The van der Waals surface area contributed by atoms with E-state index >= 15 is 0 Å². The summed E-state index contributed by atoms with van der Waals surface area (Å²) in [6.45, 7) is 0. The summed E-state index contributed by atoms with van der Waals surface area (Å²) in [4.78, 5) is 25.9. The predicted molar refractivity (Wildman–Crippen MR) is 104 cm³/mol. The Balaban J connectivity index is 1.87. The maximum atomic E-state index is 12.5. The molecule has 1 aliphatic carbocycles. The minimum atomic E-state index is -0.391. The molecule has 3 rings (SSSR count). The molecule has 1 heterocycles. The third-order valence-electron chi connectivity index (χ3n) is 4.10. The second-order valence-electron chi connectivity index (χ2n) is 5.76. The first kappa shape index (κ1) is 17.9. The number of nitrogens with one attached hydrogen (secondary N) is 1. The topological polar surface area (TPSA) is 55.4 Å².